The van der Waals surface area contributed by atoms with Crippen molar-refractivity contribution >= 4 is 17.5 Å². The van der Waals surface area contributed by atoms with E-state index in [1.165, 1.54) is 6.07 Å². The van der Waals surface area contributed by atoms with Crippen LogP contribution in [-0.4, -0.2) is 34.0 Å². The van der Waals surface area contributed by atoms with Gasteiger partial charge in [-0.05, 0) is 21.9 Å². The van der Waals surface area contributed by atoms with Gasteiger partial charge in [-0.1, -0.05) is 54.6 Å². The lowest BCUT2D eigenvalue weighted by Gasteiger charge is -2.08. The van der Waals surface area contributed by atoms with Gasteiger partial charge in [0.25, 0.3) is 11.8 Å². The number of carbonyl (C=O) groups excluding carboxylic acids is 2. The van der Waals surface area contributed by atoms with Gasteiger partial charge in [-0.15, -0.1) is 5.10 Å². The number of benzene rings is 2. The highest BCUT2D eigenvalue weighted by atomic mass is 16.2. The fourth-order valence-electron chi connectivity index (χ4n) is 2.78. The molecule has 0 fully saturated rings. The van der Waals surface area contributed by atoms with Crippen LogP contribution in [0.1, 0.15) is 40.4 Å². The number of nitrogens with zero attached hydrogens (tertiary/aromatic N) is 5. The van der Waals surface area contributed by atoms with Crippen LogP contribution in [-0.2, 0) is 13.0 Å². The van der Waals surface area contributed by atoms with Crippen LogP contribution >= 0.6 is 0 Å². The van der Waals surface area contributed by atoms with Crippen molar-refractivity contribution < 1.29 is 12.3 Å². The molecule has 4 rings (SSSR count). The molecule has 31 heavy (non-hydrogen) atoms. The van der Waals surface area contributed by atoms with E-state index in [0.717, 1.165) is 17.5 Å². The Hall–Kier alpha value is -4.27. The van der Waals surface area contributed by atoms with E-state index in [1.807, 2.05) is 30.3 Å². The second-order valence-corrected chi connectivity index (χ2v) is 6.55. The lowest BCUT2D eigenvalue weighted by molar-refractivity contribution is 0.0944. The molecule has 9 nitrogen and oxygen atoms in total. The zero-order valence-electron chi connectivity index (χ0n) is 18.3. The maximum atomic E-state index is 12.6. The Morgan fingerprint density at radius 2 is 1.61 bits per heavy atom. The van der Waals surface area contributed by atoms with Gasteiger partial charge in [0.05, 0.1) is 8.45 Å². The largest absolute Gasteiger partial charge is 0.347 e. The number of aromatic nitrogens is 2. The van der Waals surface area contributed by atoms with Gasteiger partial charge in [0.2, 0.25) is 0 Å². The Morgan fingerprint density at radius 1 is 0.903 bits per heavy atom. The van der Waals surface area contributed by atoms with Crippen LogP contribution in [0.3, 0.4) is 0 Å². The van der Waals surface area contributed by atoms with Crippen LogP contribution in [0.2, 0.25) is 0 Å². The number of nitrogens with one attached hydrogen (secondary N) is 2. The molecule has 0 aliphatic carbocycles. The fraction of sp³-hybridized carbons (Fsp3) is 0.136. The topological polar surface area (TPSA) is 121 Å². The molecule has 154 valence electrons. The average Bonchev–Trinajstić information content (AvgIpc) is 3.38. The predicted molar refractivity (Wildman–Crippen MR) is 114 cm³/mol. The van der Waals surface area contributed by atoms with Crippen molar-refractivity contribution in [1.29, 1.82) is 0 Å². The van der Waals surface area contributed by atoms with Crippen molar-refractivity contribution in [2.75, 3.05) is 6.54 Å². The second kappa shape index (κ2) is 9.49. The van der Waals surface area contributed by atoms with Crippen LogP contribution in [0.15, 0.2) is 82.4 Å². The molecule has 0 bridgehead atoms. The summed E-state index contributed by atoms with van der Waals surface area (Å²) in [5, 5.41) is 16.3. The average molecular weight is 415 g/mol. The van der Waals surface area contributed by atoms with Crippen molar-refractivity contribution in [3.63, 3.8) is 0 Å². The summed E-state index contributed by atoms with van der Waals surface area (Å²) in [4.78, 5) is 32.8. The third-order valence-corrected chi connectivity index (χ3v) is 4.42. The first-order chi connectivity index (χ1) is 15.9. The quantitative estimate of drug-likeness (QED) is 0.616. The second-order valence-electron chi connectivity index (χ2n) is 6.55. The van der Waals surface area contributed by atoms with Gasteiger partial charge in [-0.3, -0.25) is 9.59 Å². The van der Waals surface area contributed by atoms with E-state index in [0.29, 0.717) is 18.8 Å². The summed E-state index contributed by atoms with van der Waals surface area (Å²) < 4.78 is 16.5. The Kier molecular flexibility index (Phi) is 5.38. The number of rotatable bonds is 7. The molecule has 1 aliphatic heterocycles. The smallest absolute Gasteiger partial charge is 0.270 e. The van der Waals surface area contributed by atoms with Crippen molar-refractivity contribution in [2.45, 2.75) is 13.0 Å². The van der Waals surface area contributed by atoms with Gasteiger partial charge in [0.15, 0.2) is 0 Å². The number of amides is 2. The molecule has 0 saturated heterocycles. The van der Waals surface area contributed by atoms with E-state index in [-0.39, 0.29) is 17.0 Å². The molecule has 2 aromatic carbocycles. The maximum Gasteiger partial charge on any atom is 0.270 e. The Morgan fingerprint density at radius 3 is 2.29 bits per heavy atom. The molecule has 1 aromatic heterocycles. The zero-order chi connectivity index (χ0) is 23.3. The van der Waals surface area contributed by atoms with Crippen molar-refractivity contribution in [3.05, 3.63) is 95.1 Å². The molecule has 0 unspecified atom stereocenters. The van der Waals surface area contributed by atoms with E-state index in [9.17, 15) is 9.59 Å². The van der Waals surface area contributed by atoms with E-state index >= 15 is 0 Å². The first-order valence-electron chi connectivity index (χ1n) is 10.4. The third-order valence-electron chi connectivity index (χ3n) is 4.42. The standard InChI is InChI=1S/C22H19N7O2/c30-21(23-11-15-4-2-1-3-5-15)18-10-19(26-14-25-18)22(31)24-12-16-6-8-17(9-7-16)20-13-27-29-28-20/h1-10,14H,11-13H2,(H,23,30)(H,24,31)/i12D2. The van der Waals surface area contributed by atoms with Crippen molar-refractivity contribution in [2.24, 2.45) is 15.4 Å². The van der Waals surface area contributed by atoms with Gasteiger partial charge >= 0.3 is 0 Å². The normalized spacial score (nSPS) is 13.7. The molecule has 0 spiro atoms. The van der Waals surface area contributed by atoms with Crippen LogP contribution in [0.4, 0.5) is 0 Å². The van der Waals surface area contributed by atoms with E-state index in [1.54, 1.807) is 24.3 Å². The van der Waals surface area contributed by atoms with Crippen molar-refractivity contribution in [3.8, 4) is 0 Å². The summed E-state index contributed by atoms with van der Waals surface area (Å²) in [7, 11) is 0. The van der Waals surface area contributed by atoms with E-state index < -0.39 is 18.3 Å². The summed E-state index contributed by atoms with van der Waals surface area (Å²) in [6, 6.07) is 17.1. The van der Waals surface area contributed by atoms with Gasteiger partial charge in [-0.2, -0.15) is 5.11 Å². The first-order valence-corrected chi connectivity index (χ1v) is 9.43. The molecule has 0 saturated carbocycles. The lowest BCUT2D eigenvalue weighted by Crippen LogP contribution is -2.27. The predicted octanol–water partition coefficient (Wildman–Crippen LogP) is 2.51. The molecular formula is C22H19N7O2. The molecule has 2 amide bonds. The molecule has 0 atom stereocenters. The molecule has 2 heterocycles. The van der Waals surface area contributed by atoms with Crippen molar-refractivity contribution in [1.82, 2.24) is 20.6 Å². The molecule has 0 radical (unpaired) electrons. The SMILES string of the molecule is [2H]C([2H])(NC(=O)c1cc(C(=O)NCc2ccccc2)ncn1)c1ccc(C2=NN=NC2)cc1. The highest BCUT2D eigenvalue weighted by Crippen LogP contribution is 2.10. The summed E-state index contributed by atoms with van der Waals surface area (Å²) in [6.45, 7) is -1.50. The zero-order valence-corrected chi connectivity index (χ0v) is 16.3. The van der Waals surface area contributed by atoms with E-state index in [4.69, 9.17) is 2.74 Å². The van der Waals surface area contributed by atoms with Gasteiger partial charge in [0, 0.05) is 19.1 Å². The fourth-order valence-corrected chi connectivity index (χ4v) is 2.78. The number of carbonyl (C=O) groups is 2. The molecule has 3 aromatic rings. The third kappa shape index (κ3) is 5.21. The highest BCUT2D eigenvalue weighted by molar-refractivity contribution is 6.02. The van der Waals surface area contributed by atoms with Gasteiger partial charge < -0.3 is 10.6 Å². The molecular weight excluding hydrogens is 394 g/mol. The summed E-state index contributed by atoms with van der Waals surface area (Å²) >= 11 is 0. The summed E-state index contributed by atoms with van der Waals surface area (Å²) in [6.07, 6.45) is 1.09. The van der Waals surface area contributed by atoms with Crippen LogP contribution in [0.25, 0.3) is 0 Å². The number of hydrogen-bond donors (Lipinski definition) is 2. The minimum atomic E-state index is -2.18. The summed E-state index contributed by atoms with van der Waals surface area (Å²) in [5.41, 5.74) is 2.49. The summed E-state index contributed by atoms with van der Waals surface area (Å²) in [5.74, 6) is -1.25. The number of hydrogen-bond acceptors (Lipinski definition) is 7. The lowest BCUT2D eigenvalue weighted by atomic mass is 10.1. The highest BCUT2D eigenvalue weighted by Gasteiger charge is 2.13. The Balaban J connectivity index is 1.41. The molecule has 9 heteroatoms. The Labute approximate surface area is 181 Å². The van der Waals surface area contributed by atoms with Crippen LogP contribution in [0.5, 0.6) is 0 Å². The van der Waals surface area contributed by atoms with Crippen LogP contribution < -0.4 is 10.6 Å². The van der Waals surface area contributed by atoms with Crippen LogP contribution in [0, 0.1) is 0 Å². The maximum absolute atomic E-state index is 12.6. The molecule has 1 aliphatic rings. The minimum Gasteiger partial charge on any atom is -0.347 e. The minimum absolute atomic E-state index is 0.00385. The molecule has 2 N–H and O–H groups in total. The van der Waals surface area contributed by atoms with Gasteiger partial charge in [0.1, 0.15) is 24.3 Å². The monoisotopic (exact) mass is 415 g/mol. The van der Waals surface area contributed by atoms with E-state index in [2.05, 4.69) is 36.0 Å². The first kappa shape index (κ1) is 17.6. The Bertz CT molecular complexity index is 1230. The van der Waals surface area contributed by atoms with Gasteiger partial charge in [-0.25, -0.2) is 9.97 Å².